The molecule has 5 rings (SSSR count). The number of fused-ring (bicyclic) bond motifs is 5. The van der Waals surface area contributed by atoms with Crippen molar-refractivity contribution in [1.29, 1.82) is 0 Å². The lowest BCUT2D eigenvalue weighted by molar-refractivity contribution is -0.123. The van der Waals surface area contributed by atoms with Gasteiger partial charge in [0.15, 0.2) is 0 Å². The third-order valence-corrected chi connectivity index (χ3v) is 7.17. The standard InChI is InChI=1S/C24H21ClN2O3/c1-12-9-15-11-17(12)21-20(15)23(29)27(24(21)30)16-6-3-5-14(10-16)22(28)26-19-8-4-7-18(25)13(19)2/h3-10,15,17,20-21H,11H2,1-2H3,(H,26,28)/t15-,17+,20-,21+/m1/s1. The molecule has 0 spiro atoms. The number of allylic oxidation sites excluding steroid dienone is 2. The van der Waals surface area contributed by atoms with Crippen LogP contribution >= 0.6 is 11.6 Å². The Hall–Kier alpha value is -2.92. The third-order valence-electron chi connectivity index (χ3n) is 6.76. The molecular formula is C24H21ClN2O3. The van der Waals surface area contributed by atoms with Gasteiger partial charge in [0, 0.05) is 16.3 Å². The van der Waals surface area contributed by atoms with Gasteiger partial charge >= 0.3 is 0 Å². The molecule has 5 nitrogen and oxygen atoms in total. The third kappa shape index (κ3) is 2.72. The van der Waals surface area contributed by atoms with Crippen LogP contribution in [0.25, 0.3) is 0 Å². The van der Waals surface area contributed by atoms with E-state index in [-0.39, 0.29) is 41.4 Å². The van der Waals surface area contributed by atoms with E-state index in [0.29, 0.717) is 22.0 Å². The average Bonchev–Trinajstić information content (AvgIpc) is 3.36. The van der Waals surface area contributed by atoms with Gasteiger partial charge in [-0.05, 0) is 68.0 Å². The van der Waals surface area contributed by atoms with Crippen LogP contribution in [0.3, 0.4) is 0 Å². The number of rotatable bonds is 3. The molecule has 2 aromatic rings. The van der Waals surface area contributed by atoms with Crippen LogP contribution in [-0.2, 0) is 9.59 Å². The van der Waals surface area contributed by atoms with Gasteiger partial charge in [-0.3, -0.25) is 14.4 Å². The molecule has 2 fully saturated rings. The molecule has 1 aliphatic heterocycles. The summed E-state index contributed by atoms with van der Waals surface area (Å²) >= 11 is 6.13. The van der Waals surface area contributed by atoms with Crippen molar-refractivity contribution < 1.29 is 14.4 Å². The van der Waals surface area contributed by atoms with Crippen molar-refractivity contribution in [2.45, 2.75) is 20.3 Å². The topological polar surface area (TPSA) is 66.5 Å². The molecule has 152 valence electrons. The first-order valence-corrected chi connectivity index (χ1v) is 10.5. The van der Waals surface area contributed by atoms with Crippen LogP contribution in [0, 0.1) is 30.6 Å². The molecule has 2 aromatic carbocycles. The first-order valence-electron chi connectivity index (χ1n) is 10.1. The average molecular weight is 421 g/mol. The van der Waals surface area contributed by atoms with Gasteiger partial charge in [-0.15, -0.1) is 0 Å². The van der Waals surface area contributed by atoms with Crippen LogP contribution in [0.4, 0.5) is 11.4 Å². The molecule has 0 radical (unpaired) electrons. The van der Waals surface area contributed by atoms with Crippen LogP contribution in [0.15, 0.2) is 54.1 Å². The number of benzene rings is 2. The van der Waals surface area contributed by atoms with Gasteiger partial charge in [0.2, 0.25) is 11.8 Å². The van der Waals surface area contributed by atoms with Crippen LogP contribution in [0.1, 0.15) is 29.3 Å². The Morgan fingerprint density at radius 2 is 1.80 bits per heavy atom. The Morgan fingerprint density at radius 1 is 1.07 bits per heavy atom. The highest BCUT2D eigenvalue weighted by molar-refractivity contribution is 6.31. The molecule has 3 aliphatic rings. The maximum atomic E-state index is 13.2. The molecule has 1 saturated carbocycles. The van der Waals surface area contributed by atoms with Gasteiger partial charge < -0.3 is 5.32 Å². The summed E-state index contributed by atoms with van der Waals surface area (Å²) in [6.45, 7) is 3.88. The minimum absolute atomic E-state index is 0.145. The SMILES string of the molecule is CC1=C[C@@H]2C[C@@H]1[C@@H]1C(=O)N(c3cccc(C(=O)Nc4cccc(Cl)c4C)c3)C(=O)[C@@H]12. The lowest BCUT2D eigenvalue weighted by Crippen LogP contribution is -2.33. The van der Waals surface area contributed by atoms with E-state index in [4.69, 9.17) is 11.6 Å². The Bertz CT molecular complexity index is 1140. The summed E-state index contributed by atoms with van der Waals surface area (Å²) in [5.41, 5.74) is 3.45. The fraction of sp³-hybridized carbons (Fsp3) is 0.292. The molecule has 1 heterocycles. The minimum atomic E-state index is -0.320. The number of imide groups is 1. The van der Waals surface area contributed by atoms with E-state index in [0.717, 1.165) is 12.0 Å². The molecule has 30 heavy (non-hydrogen) atoms. The van der Waals surface area contributed by atoms with E-state index in [1.165, 1.54) is 10.5 Å². The first-order chi connectivity index (χ1) is 14.4. The minimum Gasteiger partial charge on any atom is -0.322 e. The molecule has 6 heteroatoms. The smallest absolute Gasteiger partial charge is 0.255 e. The van der Waals surface area contributed by atoms with Crippen LogP contribution in [0.2, 0.25) is 5.02 Å². The summed E-state index contributed by atoms with van der Waals surface area (Å²) in [6.07, 6.45) is 3.05. The second kappa shape index (κ2) is 6.81. The van der Waals surface area contributed by atoms with Gasteiger partial charge in [0.1, 0.15) is 0 Å². The van der Waals surface area contributed by atoms with Crippen LogP contribution in [0.5, 0.6) is 0 Å². The predicted octanol–water partition coefficient (Wildman–Crippen LogP) is 4.60. The second-order valence-electron chi connectivity index (χ2n) is 8.40. The molecule has 2 aliphatic carbocycles. The highest BCUT2D eigenvalue weighted by atomic mass is 35.5. The van der Waals surface area contributed by atoms with Gasteiger partial charge in [-0.2, -0.15) is 0 Å². The number of hydrogen-bond donors (Lipinski definition) is 1. The fourth-order valence-corrected chi connectivity index (χ4v) is 5.43. The monoisotopic (exact) mass is 420 g/mol. The quantitative estimate of drug-likeness (QED) is 0.582. The molecule has 1 N–H and O–H groups in total. The lowest BCUT2D eigenvalue weighted by Gasteiger charge is -2.19. The maximum absolute atomic E-state index is 13.2. The zero-order valence-corrected chi connectivity index (χ0v) is 17.4. The van der Waals surface area contributed by atoms with E-state index < -0.39 is 0 Å². The Morgan fingerprint density at radius 3 is 2.60 bits per heavy atom. The number of amides is 3. The Kier molecular flexibility index (Phi) is 4.33. The summed E-state index contributed by atoms with van der Waals surface area (Å²) in [4.78, 5) is 40.3. The molecule has 0 unspecified atom stereocenters. The Labute approximate surface area is 179 Å². The normalized spacial score (nSPS) is 26.8. The van der Waals surface area contributed by atoms with E-state index >= 15 is 0 Å². The lowest BCUT2D eigenvalue weighted by atomic mass is 9.82. The van der Waals surface area contributed by atoms with E-state index in [1.54, 1.807) is 42.5 Å². The fourth-order valence-electron chi connectivity index (χ4n) is 5.25. The van der Waals surface area contributed by atoms with Crippen molar-refractivity contribution in [2.75, 3.05) is 10.2 Å². The van der Waals surface area contributed by atoms with Crippen molar-refractivity contribution in [3.63, 3.8) is 0 Å². The number of anilines is 2. The predicted molar refractivity (Wildman–Crippen MR) is 115 cm³/mol. The summed E-state index contributed by atoms with van der Waals surface area (Å²) in [5, 5.41) is 3.43. The maximum Gasteiger partial charge on any atom is 0.255 e. The molecular weight excluding hydrogens is 400 g/mol. The summed E-state index contributed by atoms with van der Waals surface area (Å²) in [5.74, 6) is -0.828. The van der Waals surface area contributed by atoms with E-state index in [9.17, 15) is 14.4 Å². The van der Waals surface area contributed by atoms with E-state index in [2.05, 4.69) is 11.4 Å². The van der Waals surface area contributed by atoms with Gasteiger partial charge in [0.25, 0.3) is 5.91 Å². The van der Waals surface area contributed by atoms with Crippen molar-refractivity contribution in [3.8, 4) is 0 Å². The van der Waals surface area contributed by atoms with Gasteiger partial charge in [-0.25, -0.2) is 4.90 Å². The number of nitrogens with one attached hydrogen (secondary N) is 1. The van der Waals surface area contributed by atoms with E-state index in [1.807, 2.05) is 13.8 Å². The van der Waals surface area contributed by atoms with Crippen LogP contribution < -0.4 is 10.2 Å². The Balaban J connectivity index is 1.42. The number of carbonyl (C=O) groups is 3. The van der Waals surface area contributed by atoms with Crippen molar-refractivity contribution in [3.05, 3.63) is 70.3 Å². The highest BCUT2D eigenvalue weighted by Crippen LogP contribution is 2.55. The van der Waals surface area contributed by atoms with Gasteiger partial charge in [0.05, 0.1) is 17.5 Å². The molecule has 2 bridgehead atoms. The molecule has 4 atom stereocenters. The number of hydrogen-bond acceptors (Lipinski definition) is 3. The summed E-state index contributed by atoms with van der Waals surface area (Å²) in [6, 6.07) is 12.0. The van der Waals surface area contributed by atoms with Crippen molar-refractivity contribution in [1.82, 2.24) is 0 Å². The zero-order chi connectivity index (χ0) is 21.2. The molecule has 3 amide bonds. The number of halogens is 1. The number of nitrogens with zero attached hydrogens (tertiary/aromatic N) is 1. The summed E-state index contributed by atoms with van der Waals surface area (Å²) < 4.78 is 0. The van der Waals surface area contributed by atoms with Gasteiger partial charge in [-0.1, -0.05) is 35.4 Å². The molecule has 0 aromatic heterocycles. The highest BCUT2D eigenvalue weighted by Gasteiger charge is 2.60. The number of carbonyl (C=O) groups excluding carboxylic acids is 3. The first kappa shape index (κ1) is 19.1. The second-order valence-corrected chi connectivity index (χ2v) is 8.80. The molecule has 1 saturated heterocycles. The summed E-state index contributed by atoms with van der Waals surface area (Å²) in [7, 11) is 0. The van der Waals surface area contributed by atoms with Crippen LogP contribution in [-0.4, -0.2) is 17.7 Å². The van der Waals surface area contributed by atoms with Crippen molar-refractivity contribution in [2.24, 2.45) is 23.7 Å². The zero-order valence-electron chi connectivity index (χ0n) is 16.7. The van der Waals surface area contributed by atoms with Crippen molar-refractivity contribution >= 4 is 40.7 Å². The largest absolute Gasteiger partial charge is 0.322 e.